The number of benzene rings is 1. The monoisotopic (exact) mass is 276 g/mol. The average molecular weight is 276 g/mol. The van der Waals surface area contributed by atoms with Gasteiger partial charge in [0, 0.05) is 5.56 Å². The predicted molar refractivity (Wildman–Crippen MR) is 59.5 cm³/mol. The van der Waals surface area contributed by atoms with Crippen LogP contribution in [0.15, 0.2) is 24.3 Å². The molecule has 1 fully saturated rings. The number of alkyl halides is 3. The van der Waals surface area contributed by atoms with Crippen LogP contribution < -0.4 is 5.32 Å². The summed E-state index contributed by atoms with van der Waals surface area (Å²) in [7, 11) is 0. The van der Waals surface area contributed by atoms with E-state index in [1.807, 2.05) is 0 Å². The summed E-state index contributed by atoms with van der Waals surface area (Å²) < 4.78 is 51.1. The van der Waals surface area contributed by atoms with Gasteiger partial charge in [-0.1, -0.05) is 18.2 Å². The first-order valence-corrected chi connectivity index (χ1v) is 5.67. The van der Waals surface area contributed by atoms with Gasteiger partial charge in [0.2, 0.25) is 5.91 Å². The summed E-state index contributed by atoms with van der Waals surface area (Å²) in [6, 6.07) is 4.69. The number of halogens is 4. The van der Waals surface area contributed by atoms with Crippen molar-refractivity contribution < 1.29 is 22.4 Å². The second kappa shape index (κ2) is 4.80. The summed E-state index contributed by atoms with van der Waals surface area (Å²) in [6.07, 6.45) is -5.62. The van der Waals surface area contributed by atoms with Crippen molar-refractivity contribution in [1.82, 2.24) is 10.2 Å². The van der Waals surface area contributed by atoms with E-state index >= 15 is 0 Å². The molecule has 7 heteroatoms. The van der Waals surface area contributed by atoms with Gasteiger partial charge in [0.1, 0.15) is 18.5 Å². The first-order valence-electron chi connectivity index (χ1n) is 5.67. The third kappa shape index (κ3) is 2.86. The van der Waals surface area contributed by atoms with Crippen molar-refractivity contribution >= 4 is 5.91 Å². The number of carbonyl (C=O) groups excluding carboxylic acids is 1. The fraction of sp³-hybridized carbons (Fsp3) is 0.417. The predicted octanol–water partition coefficient (Wildman–Crippen LogP) is 2.21. The molecule has 104 valence electrons. The molecule has 0 saturated carbocycles. The van der Waals surface area contributed by atoms with E-state index in [0.29, 0.717) is 4.90 Å². The van der Waals surface area contributed by atoms with Crippen LogP contribution in [0.1, 0.15) is 18.7 Å². The Morgan fingerprint density at radius 2 is 1.95 bits per heavy atom. The topological polar surface area (TPSA) is 32.3 Å². The molecule has 2 atom stereocenters. The smallest absolute Gasteiger partial charge is 0.312 e. The SMILES string of the molecule is CC1NC(c2ccccc2F)N(CC(F)(F)F)C1=O. The van der Waals surface area contributed by atoms with Crippen LogP contribution >= 0.6 is 0 Å². The van der Waals surface area contributed by atoms with Crippen LogP contribution in [0, 0.1) is 5.82 Å². The van der Waals surface area contributed by atoms with E-state index in [2.05, 4.69) is 5.32 Å². The van der Waals surface area contributed by atoms with Crippen molar-refractivity contribution in [2.45, 2.75) is 25.3 Å². The zero-order valence-corrected chi connectivity index (χ0v) is 10.0. The Morgan fingerprint density at radius 1 is 1.32 bits per heavy atom. The van der Waals surface area contributed by atoms with E-state index in [1.165, 1.54) is 25.1 Å². The number of hydrogen-bond acceptors (Lipinski definition) is 2. The van der Waals surface area contributed by atoms with E-state index in [1.54, 1.807) is 0 Å². The summed E-state index contributed by atoms with van der Waals surface area (Å²) in [6.45, 7) is 0.0503. The third-order valence-corrected chi connectivity index (χ3v) is 2.92. The van der Waals surface area contributed by atoms with E-state index < -0.39 is 36.7 Å². The highest BCUT2D eigenvalue weighted by Gasteiger charge is 2.44. The second-order valence-corrected chi connectivity index (χ2v) is 4.39. The molecule has 1 saturated heterocycles. The van der Waals surface area contributed by atoms with Crippen LogP contribution in [0.25, 0.3) is 0 Å². The molecule has 1 aliphatic heterocycles. The molecular formula is C12H12F4N2O. The molecule has 2 unspecified atom stereocenters. The van der Waals surface area contributed by atoms with Crippen LogP contribution in [0.5, 0.6) is 0 Å². The summed E-state index contributed by atoms with van der Waals surface area (Å²) in [5.41, 5.74) is 0.0319. The third-order valence-electron chi connectivity index (χ3n) is 2.92. The molecule has 0 bridgehead atoms. The van der Waals surface area contributed by atoms with Gasteiger partial charge in [-0.05, 0) is 13.0 Å². The van der Waals surface area contributed by atoms with Gasteiger partial charge in [-0.15, -0.1) is 0 Å². The molecule has 0 aromatic heterocycles. The van der Waals surface area contributed by atoms with Gasteiger partial charge in [-0.3, -0.25) is 10.1 Å². The number of nitrogens with zero attached hydrogens (tertiary/aromatic N) is 1. The van der Waals surface area contributed by atoms with Crippen LogP contribution in [-0.2, 0) is 4.79 Å². The maximum absolute atomic E-state index is 13.6. The largest absolute Gasteiger partial charge is 0.406 e. The van der Waals surface area contributed by atoms with Crippen LogP contribution in [0.2, 0.25) is 0 Å². The molecule has 3 nitrogen and oxygen atoms in total. The molecule has 1 aliphatic rings. The molecule has 1 aromatic rings. The van der Waals surface area contributed by atoms with E-state index in [-0.39, 0.29) is 5.56 Å². The Hall–Kier alpha value is -1.63. The summed E-state index contributed by atoms with van der Waals surface area (Å²) >= 11 is 0. The fourth-order valence-corrected chi connectivity index (χ4v) is 2.09. The molecule has 1 amide bonds. The van der Waals surface area contributed by atoms with Crippen LogP contribution in [-0.4, -0.2) is 29.6 Å². The van der Waals surface area contributed by atoms with E-state index in [4.69, 9.17) is 0 Å². The Labute approximate surface area is 107 Å². The van der Waals surface area contributed by atoms with E-state index in [0.717, 1.165) is 6.07 Å². The zero-order valence-electron chi connectivity index (χ0n) is 10.0. The molecule has 1 N–H and O–H groups in total. The van der Waals surface area contributed by atoms with Gasteiger partial charge >= 0.3 is 6.18 Å². The fourth-order valence-electron chi connectivity index (χ4n) is 2.09. The van der Waals surface area contributed by atoms with Crippen LogP contribution in [0.3, 0.4) is 0 Å². The van der Waals surface area contributed by atoms with E-state index in [9.17, 15) is 22.4 Å². The number of rotatable bonds is 2. The Bertz CT molecular complexity index is 489. The average Bonchev–Trinajstić information content (AvgIpc) is 2.56. The normalized spacial score (nSPS) is 24.1. The highest BCUT2D eigenvalue weighted by molar-refractivity contribution is 5.84. The Kier molecular flexibility index (Phi) is 3.49. The maximum atomic E-state index is 13.6. The second-order valence-electron chi connectivity index (χ2n) is 4.39. The number of nitrogens with one attached hydrogen (secondary N) is 1. The molecule has 0 radical (unpaired) electrons. The first-order chi connectivity index (χ1) is 8.79. The quantitative estimate of drug-likeness (QED) is 0.840. The minimum absolute atomic E-state index is 0.0319. The van der Waals surface area contributed by atoms with Crippen molar-refractivity contribution in [3.8, 4) is 0 Å². The molecular weight excluding hydrogens is 264 g/mol. The molecule has 0 spiro atoms. The number of carbonyl (C=O) groups is 1. The highest BCUT2D eigenvalue weighted by atomic mass is 19.4. The van der Waals surface area contributed by atoms with Gasteiger partial charge in [0.15, 0.2) is 0 Å². The Balaban J connectivity index is 2.33. The van der Waals surface area contributed by atoms with Gasteiger partial charge in [-0.25, -0.2) is 4.39 Å². The summed E-state index contributed by atoms with van der Waals surface area (Å²) in [5.74, 6) is -1.33. The van der Waals surface area contributed by atoms with Crippen molar-refractivity contribution in [3.05, 3.63) is 35.6 Å². The van der Waals surface area contributed by atoms with Crippen molar-refractivity contribution in [2.75, 3.05) is 6.54 Å². The highest BCUT2D eigenvalue weighted by Crippen LogP contribution is 2.30. The number of hydrogen-bond donors (Lipinski definition) is 1. The standard InChI is InChI=1S/C12H12F4N2O/c1-7-11(19)18(6-12(14,15)16)10(17-7)8-4-2-3-5-9(8)13/h2-5,7,10,17H,6H2,1H3. The zero-order chi connectivity index (χ0) is 14.2. The lowest BCUT2D eigenvalue weighted by molar-refractivity contribution is -0.161. The molecule has 19 heavy (non-hydrogen) atoms. The van der Waals surface area contributed by atoms with Crippen LogP contribution in [0.4, 0.5) is 17.6 Å². The molecule has 1 aromatic carbocycles. The van der Waals surface area contributed by atoms with Gasteiger partial charge in [0.05, 0.1) is 6.04 Å². The summed E-state index contributed by atoms with van der Waals surface area (Å²) in [5, 5.41) is 2.67. The lowest BCUT2D eigenvalue weighted by Gasteiger charge is -2.25. The minimum atomic E-state index is -4.52. The van der Waals surface area contributed by atoms with Gasteiger partial charge in [-0.2, -0.15) is 13.2 Å². The molecule has 1 heterocycles. The minimum Gasteiger partial charge on any atom is -0.312 e. The number of amides is 1. The molecule has 2 rings (SSSR count). The lowest BCUT2D eigenvalue weighted by atomic mass is 10.1. The Morgan fingerprint density at radius 3 is 2.53 bits per heavy atom. The van der Waals surface area contributed by atoms with Crippen molar-refractivity contribution in [1.29, 1.82) is 0 Å². The lowest BCUT2D eigenvalue weighted by Crippen LogP contribution is -2.38. The summed E-state index contributed by atoms with van der Waals surface area (Å²) in [4.78, 5) is 12.3. The maximum Gasteiger partial charge on any atom is 0.406 e. The van der Waals surface area contributed by atoms with Crippen molar-refractivity contribution in [3.63, 3.8) is 0 Å². The van der Waals surface area contributed by atoms with Gasteiger partial charge < -0.3 is 4.90 Å². The molecule has 0 aliphatic carbocycles. The van der Waals surface area contributed by atoms with Crippen molar-refractivity contribution in [2.24, 2.45) is 0 Å². The first kappa shape index (κ1) is 13.8. The van der Waals surface area contributed by atoms with Gasteiger partial charge in [0.25, 0.3) is 0 Å².